The number of benzene rings is 1. The van der Waals surface area contributed by atoms with Crippen molar-refractivity contribution in [3.63, 3.8) is 0 Å². The lowest BCUT2D eigenvalue weighted by Gasteiger charge is -2.31. The zero-order valence-electron chi connectivity index (χ0n) is 12.6. The molecule has 0 bridgehead atoms. The number of anilines is 1. The minimum atomic E-state index is 0.544. The Morgan fingerprint density at radius 3 is 2.76 bits per heavy atom. The van der Waals surface area contributed by atoms with Crippen LogP contribution in [0.15, 0.2) is 34.9 Å². The van der Waals surface area contributed by atoms with E-state index in [1.807, 2.05) is 6.20 Å². The third kappa shape index (κ3) is 3.23. The fourth-order valence-electron chi connectivity index (χ4n) is 3.55. The molecule has 0 spiro atoms. The molecular weight excluding hydrogens is 324 g/mol. The Kier molecular flexibility index (Phi) is 4.79. The second kappa shape index (κ2) is 6.78. The van der Waals surface area contributed by atoms with Crippen molar-refractivity contribution in [1.29, 1.82) is 0 Å². The van der Waals surface area contributed by atoms with Gasteiger partial charge in [0.2, 0.25) is 0 Å². The van der Waals surface area contributed by atoms with Crippen LogP contribution in [-0.2, 0) is 0 Å². The fourth-order valence-corrected chi connectivity index (χ4v) is 4.05. The van der Waals surface area contributed by atoms with Gasteiger partial charge in [-0.25, -0.2) is 4.98 Å². The normalized spacial score (nSPS) is 17.8. The fraction of sp³-hybridized carbons (Fsp3) is 0.500. The summed E-state index contributed by atoms with van der Waals surface area (Å²) in [6.07, 6.45) is 9.97. The first-order chi connectivity index (χ1) is 10.3. The monoisotopic (exact) mass is 346 g/mol. The largest absolute Gasteiger partial charge is 0.367 e. The number of rotatable bonds is 4. The van der Waals surface area contributed by atoms with Gasteiger partial charge < -0.3 is 5.32 Å². The molecule has 1 unspecified atom stereocenters. The molecule has 1 saturated carbocycles. The smallest absolute Gasteiger partial charge is 0.134 e. The van der Waals surface area contributed by atoms with Crippen molar-refractivity contribution in [2.75, 3.05) is 5.32 Å². The maximum Gasteiger partial charge on any atom is 0.134 e. The quantitative estimate of drug-likeness (QED) is 0.760. The number of pyridine rings is 1. The standard InChI is InChI=1S/C18H23BrN2/c1-2-17(13-7-4-3-5-8-13)21-18-15-9-6-10-16(19)14(15)11-12-20-18/h6,9-13,17H,2-5,7-8H2,1H3,(H,20,21). The average molecular weight is 347 g/mol. The molecule has 2 nitrogen and oxygen atoms in total. The first-order valence-electron chi connectivity index (χ1n) is 8.09. The molecule has 3 rings (SSSR count). The summed E-state index contributed by atoms with van der Waals surface area (Å²) in [6, 6.07) is 8.95. The van der Waals surface area contributed by atoms with Crippen LogP contribution >= 0.6 is 15.9 Å². The molecule has 0 saturated heterocycles. The summed E-state index contributed by atoms with van der Waals surface area (Å²) in [7, 11) is 0. The van der Waals surface area contributed by atoms with E-state index in [0.717, 1.165) is 22.6 Å². The van der Waals surface area contributed by atoms with Crippen LogP contribution < -0.4 is 5.32 Å². The highest BCUT2D eigenvalue weighted by molar-refractivity contribution is 9.10. The van der Waals surface area contributed by atoms with Gasteiger partial charge in [-0.1, -0.05) is 54.2 Å². The predicted molar refractivity (Wildman–Crippen MR) is 93.7 cm³/mol. The second-order valence-electron chi connectivity index (χ2n) is 6.05. The highest BCUT2D eigenvalue weighted by atomic mass is 79.9. The van der Waals surface area contributed by atoms with Gasteiger partial charge in [0.05, 0.1) is 0 Å². The molecule has 1 aliphatic carbocycles. The number of fused-ring (bicyclic) bond motifs is 1. The van der Waals surface area contributed by atoms with Crippen molar-refractivity contribution in [1.82, 2.24) is 4.98 Å². The van der Waals surface area contributed by atoms with Crippen LogP contribution in [0.25, 0.3) is 10.8 Å². The Labute approximate surface area is 135 Å². The number of halogens is 1. The van der Waals surface area contributed by atoms with E-state index in [9.17, 15) is 0 Å². The van der Waals surface area contributed by atoms with Gasteiger partial charge in [-0.15, -0.1) is 0 Å². The van der Waals surface area contributed by atoms with Crippen LogP contribution in [0.1, 0.15) is 45.4 Å². The van der Waals surface area contributed by atoms with Gasteiger partial charge in [0.15, 0.2) is 0 Å². The van der Waals surface area contributed by atoms with Crippen LogP contribution in [-0.4, -0.2) is 11.0 Å². The lowest BCUT2D eigenvalue weighted by molar-refractivity contribution is 0.313. The zero-order valence-corrected chi connectivity index (χ0v) is 14.2. The Balaban J connectivity index is 1.87. The third-order valence-electron chi connectivity index (χ3n) is 4.73. The first-order valence-corrected chi connectivity index (χ1v) is 8.88. The predicted octanol–water partition coefficient (Wildman–Crippen LogP) is 5.77. The zero-order chi connectivity index (χ0) is 14.7. The van der Waals surface area contributed by atoms with Crippen molar-refractivity contribution < 1.29 is 0 Å². The van der Waals surface area contributed by atoms with E-state index in [4.69, 9.17) is 0 Å². The Hall–Kier alpha value is -1.09. The molecular formula is C18H23BrN2. The summed E-state index contributed by atoms with van der Waals surface area (Å²) in [5.74, 6) is 1.83. The minimum absolute atomic E-state index is 0.544. The Morgan fingerprint density at radius 2 is 2.00 bits per heavy atom. The van der Waals surface area contributed by atoms with Crippen molar-refractivity contribution in [3.8, 4) is 0 Å². The van der Waals surface area contributed by atoms with E-state index in [1.165, 1.54) is 42.9 Å². The molecule has 0 aliphatic heterocycles. The van der Waals surface area contributed by atoms with Crippen LogP contribution in [0.2, 0.25) is 0 Å². The van der Waals surface area contributed by atoms with Crippen LogP contribution in [0, 0.1) is 5.92 Å². The van der Waals surface area contributed by atoms with E-state index in [2.05, 4.69) is 57.4 Å². The molecule has 112 valence electrons. The van der Waals surface area contributed by atoms with Gasteiger partial charge >= 0.3 is 0 Å². The molecule has 1 atom stereocenters. The van der Waals surface area contributed by atoms with Crippen LogP contribution in [0.4, 0.5) is 5.82 Å². The second-order valence-corrected chi connectivity index (χ2v) is 6.91. The molecule has 2 aromatic rings. The summed E-state index contributed by atoms with van der Waals surface area (Å²) in [5.41, 5.74) is 0. The molecule has 0 radical (unpaired) electrons. The van der Waals surface area contributed by atoms with Gasteiger partial charge in [-0.05, 0) is 37.3 Å². The Morgan fingerprint density at radius 1 is 1.19 bits per heavy atom. The lowest BCUT2D eigenvalue weighted by atomic mass is 9.83. The maximum absolute atomic E-state index is 4.60. The van der Waals surface area contributed by atoms with Crippen molar-refractivity contribution in [2.45, 2.75) is 51.5 Å². The molecule has 1 heterocycles. The van der Waals surface area contributed by atoms with E-state index in [1.54, 1.807) is 0 Å². The molecule has 1 aromatic carbocycles. The third-order valence-corrected chi connectivity index (χ3v) is 5.43. The highest BCUT2D eigenvalue weighted by Crippen LogP contribution is 2.32. The summed E-state index contributed by atoms with van der Waals surface area (Å²) < 4.78 is 1.14. The average Bonchev–Trinajstić information content (AvgIpc) is 2.54. The minimum Gasteiger partial charge on any atom is -0.367 e. The topological polar surface area (TPSA) is 24.9 Å². The van der Waals surface area contributed by atoms with E-state index in [0.29, 0.717) is 6.04 Å². The Bertz CT molecular complexity index is 605. The van der Waals surface area contributed by atoms with Crippen LogP contribution in [0.3, 0.4) is 0 Å². The van der Waals surface area contributed by atoms with Crippen molar-refractivity contribution in [3.05, 3.63) is 34.9 Å². The molecule has 3 heteroatoms. The number of nitrogens with zero attached hydrogens (tertiary/aromatic N) is 1. The lowest BCUT2D eigenvalue weighted by Crippen LogP contribution is -2.30. The van der Waals surface area contributed by atoms with Gasteiger partial charge in [0.25, 0.3) is 0 Å². The highest BCUT2D eigenvalue weighted by Gasteiger charge is 2.23. The number of hydrogen-bond donors (Lipinski definition) is 1. The summed E-state index contributed by atoms with van der Waals surface area (Å²) in [4.78, 5) is 4.60. The van der Waals surface area contributed by atoms with Crippen molar-refractivity contribution in [2.24, 2.45) is 5.92 Å². The van der Waals surface area contributed by atoms with E-state index >= 15 is 0 Å². The van der Waals surface area contributed by atoms with Gasteiger partial charge in [0, 0.05) is 27.5 Å². The van der Waals surface area contributed by atoms with Gasteiger partial charge in [-0.2, -0.15) is 0 Å². The molecule has 1 N–H and O–H groups in total. The molecule has 1 aliphatic rings. The van der Waals surface area contributed by atoms with Gasteiger partial charge in [0.1, 0.15) is 5.82 Å². The number of aromatic nitrogens is 1. The SMILES string of the molecule is CCC(Nc1nccc2c(Br)cccc12)C1CCCCC1. The van der Waals surface area contributed by atoms with Crippen molar-refractivity contribution >= 4 is 32.5 Å². The molecule has 1 fully saturated rings. The van der Waals surface area contributed by atoms with Crippen LogP contribution in [0.5, 0.6) is 0 Å². The summed E-state index contributed by atoms with van der Waals surface area (Å²) in [5, 5.41) is 6.18. The summed E-state index contributed by atoms with van der Waals surface area (Å²) >= 11 is 3.64. The maximum atomic E-state index is 4.60. The van der Waals surface area contributed by atoms with E-state index < -0.39 is 0 Å². The summed E-state index contributed by atoms with van der Waals surface area (Å²) in [6.45, 7) is 2.29. The molecule has 1 aromatic heterocycles. The van der Waals surface area contributed by atoms with Gasteiger partial charge in [-0.3, -0.25) is 0 Å². The first kappa shape index (κ1) is 14.8. The molecule has 21 heavy (non-hydrogen) atoms. The number of nitrogens with one attached hydrogen (secondary N) is 1. The number of hydrogen-bond acceptors (Lipinski definition) is 2. The molecule has 0 amide bonds. The van der Waals surface area contributed by atoms with E-state index in [-0.39, 0.29) is 0 Å².